The van der Waals surface area contributed by atoms with E-state index in [1.54, 1.807) is 6.33 Å². The number of fused-ring (bicyclic) bond motifs is 1. The average molecular weight is 283 g/mol. The molecular weight excluding hydrogens is 268 g/mol. The van der Waals surface area contributed by atoms with Crippen LogP contribution >= 0.6 is 11.6 Å². The van der Waals surface area contributed by atoms with E-state index in [1.165, 1.54) is 6.33 Å². The third-order valence-corrected chi connectivity index (χ3v) is 3.45. The van der Waals surface area contributed by atoms with E-state index in [0.29, 0.717) is 22.9 Å². The van der Waals surface area contributed by atoms with Crippen LogP contribution in [0.15, 0.2) is 12.7 Å². The van der Waals surface area contributed by atoms with Gasteiger partial charge in [0, 0.05) is 6.61 Å². The molecule has 6 nitrogen and oxygen atoms in total. The van der Waals surface area contributed by atoms with Gasteiger partial charge in [0.15, 0.2) is 17.1 Å². The summed E-state index contributed by atoms with van der Waals surface area (Å²) in [6.45, 7) is 2.61. The Labute approximate surface area is 115 Å². The number of hydrogen-bond acceptors (Lipinski definition) is 5. The molecule has 0 saturated carbocycles. The van der Waals surface area contributed by atoms with Crippen LogP contribution in [0.5, 0.6) is 0 Å². The summed E-state index contributed by atoms with van der Waals surface area (Å²) < 4.78 is 13.3. The fraction of sp³-hybridized carbons (Fsp3) is 0.583. The van der Waals surface area contributed by atoms with E-state index in [4.69, 9.17) is 21.1 Å². The second-order valence-electron chi connectivity index (χ2n) is 4.40. The van der Waals surface area contributed by atoms with Gasteiger partial charge in [-0.15, -0.1) is 0 Å². The molecule has 1 aliphatic rings. The minimum Gasteiger partial charge on any atom is -0.353 e. The van der Waals surface area contributed by atoms with Gasteiger partial charge in [0.05, 0.1) is 6.33 Å². The lowest BCUT2D eigenvalue weighted by Crippen LogP contribution is -2.28. The molecule has 1 fully saturated rings. The second kappa shape index (κ2) is 5.40. The molecule has 2 aromatic rings. The highest BCUT2D eigenvalue weighted by molar-refractivity contribution is 6.33. The van der Waals surface area contributed by atoms with Gasteiger partial charge >= 0.3 is 0 Å². The molecule has 7 heteroatoms. The SMILES string of the molecule is CCO[C@H]1CCC[C@H](n2cnc3c(Cl)ncnc32)O1. The van der Waals surface area contributed by atoms with Crippen molar-refractivity contribution in [3.8, 4) is 0 Å². The van der Waals surface area contributed by atoms with E-state index in [2.05, 4.69) is 15.0 Å². The van der Waals surface area contributed by atoms with Crippen molar-refractivity contribution in [3.05, 3.63) is 17.8 Å². The Morgan fingerprint density at radius 3 is 3.16 bits per heavy atom. The van der Waals surface area contributed by atoms with Crippen molar-refractivity contribution in [1.82, 2.24) is 19.5 Å². The van der Waals surface area contributed by atoms with Gasteiger partial charge in [-0.25, -0.2) is 15.0 Å². The van der Waals surface area contributed by atoms with Crippen LogP contribution in [0.3, 0.4) is 0 Å². The summed E-state index contributed by atoms with van der Waals surface area (Å²) in [4.78, 5) is 12.4. The van der Waals surface area contributed by atoms with Gasteiger partial charge in [-0.1, -0.05) is 11.6 Å². The van der Waals surface area contributed by atoms with Crippen LogP contribution in [0.1, 0.15) is 32.4 Å². The minimum absolute atomic E-state index is 0.110. The van der Waals surface area contributed by atoms with Crippen molar-refractivity contribution in [3.63, 3.8) is 0 Å². The van der Waals surface area contributed by atoms with Crippen LogP contribution < -0.4 is 0 Å². The first-order chi connectivity index (χ1) is 9.29. The van der Waals surface area contributed by atoms with Gasteiger partial charge in [-0.3, -0.25) is 4.57 Å². The molecule has 0 unspecified atom stereocenters. The summed E-state index contributed by atoms with van der Waals surface area (Å²) >= 11 is 6.00. The molecule has 0 radical (unpaired) electrons. The van der Waals surface area contributed by atoms with Crippen LogP contribution in [0.25, 0.3) is 11.2 Å². The summed E-state index contributed by atoms with van der Waals surface area (Å²) in [5.74, 6) is 0. The highest BCUT2D eigenvalue weighted by atomic mass is 35.5. The number of nitrogens with zero attached hydrogens (tertiary/aromatic N) is 4. The van der Waals surface area contributed by atoms with Gasteiger partial charge in [0.1, 0.15) is 18.1 Å². The Hall–Kier alpha value is -1.24. The second-order valence-corrected chi connectivity index (χ2v) is 4.75. The van der Waals surface area contributed by atoms with E-state index in [1.807, 2.05) is 11.5 Å². The molecular formula is C12H15ClN4O2. The maximum atomic E-state index is 6.00. The molecule has 2 atom stereocenters. The van der Waals surface area contributed by atoms with Crippen molar-refractivity contribution in [1.29, 1.82) is 0 Å². The molecule has 0 bridgehead atoms. The zero-order valence-electron chi connectivity index (χ0n) is 10.6. The largest absolute Gasteiger partial charge is 0.353 e. The Morgan fingerprint density at radius 2 is 2.32 bits per heavy atom. The summed E-state index contributed by atoms with van der Waals surface area (Å²) in [6, 6.07) is 0. The van der Waals surface area contributed by atoms with Gasteiger partial charge < -0.3 is 9.47 Å². The number of aromatic nitrogens is 4. The fourth-order valence-electron chi connectivity index (χ4n) is 2.32. The molecule has 1 aliphatic heterocycles. The lowest BCUT2D eigenvalue weighted by molar-refractivity contribution is -0.211. The predicted molar refractivity (Wildman–Crippen MR) is 69.7 cm³/mol. The molecule has 2 aromatic heterocycles. The van der Waals surface area contributed by atoms with E-state index in [-0.39, 0.29) is 12.5 Å². The fourth-order valence-corrected chi connectivity index (χ4v) is 2.49. The Morgan fingerprint density at radius 1 is 1.42 bits per heavy atom. The highest BCUT2D eigenvalue weighted by Crippen LogP contribution is 2.30. The number of ether oxygens (including phenoxy) is 2. The lowest BCUT2D eigenvalue weighted by atomic mass is 10.1. The van der Waals surface area contributed by atoms with Crippen molar-refractivity contribution >= 4 is 22.8 Å². The van der Waals surface area contributed by atoms with Crippen molar-refractivity contribution in [2.75, 3.05) is 6.61 Å². The third kappa shape index (κ3) is 2.43. The minimum atomic E-state index is -0.154. The molecule has 0 N–H and O–H groups in total. The smallest absolute Gasteiger partial charge is 0.166 e. The topological polar surface area (TPSA) is 62.1 Å². The van der Waals surface area contributed by atoms with Crippen molar-refractivity contribution in [2.24, 2.45) is 0 Å². The zero-order chi connectivity index (χ0) is 13.2. The molecule has 19 heavy (non-hydrogen) atoms. The van der Waals surface area contributed by atoms with E-state index < -0.39 is 0 Å². The highest BCUT2D eigenvalue weighted by Gasteiger charge is 2.25. The predicted octanol–water partition coefficient (Wildman–Crippen LogP) is 2.54. The first-order valence-corrected chi connectivity index (χ1v) is 6.77. The number of halogens is 1. The number of rotatable bonds is 3. The van der Waals surface area contributed by atoms with Crippen LogP contribution in [0.4, 0.5) is 0 Å². The van der Waals surface area contributed by atoms with Crippen LogP contribution in [0, 0.1) is 0 Å². The van der Waals surface area contributed by atoms with E-state index in [0.717, 1.165) is 19.3 Å². The summed E-state index contributed by atoms with van der Waals surface area (Å²) in [7, 11) is 0. The first kappa shape index (κ1) is 12.8. The van der Waals surface area contributed by atoms with Gasteiger partial charge in [-0.2, -0.15) is 0 Å². The van der Waals surface area contributed by atoms with Crippen LogP contribution in [-0.4, -0.2) is 32.4 Å². The van der Waals surface area contributed by atoms with E-state index in [9.17, 15) is 0 Å². The molecule has 3 heterocycles. The van der Waals surface area contributed by atoms with Crippen LogP contribution in [-0.2, 0) is 9.47 Å². The normalized spacial score (nSPS) is 23.9. The standard InChI is InChI=1S/C12H15ClN4O2/c1-2-18-9-5-3-4-8(19-9)17-7-16-10-11(13)14-6-15-12(10)17/h6-9H,2-5H2,1H3/t8-,9-/m1/s1. The quantitative estimate of drug-likeness (QED) is 0.810. The van der Waals surface area contributed by atoms with Gasteiger partial charge in [0.2, 0.25) is 0 Å². The van der Waals surface area contributed by atoms with Crippen molar-refractivity contribution < 1.29 is 9.47 Å². The molecule has 3 rings (SSSR count). The summed E-state index contributed by atoms with van der Waals surface area (Å²) in [6.07, 6.45) is 5.76. The lowest BCUT2D eigenvalue weighted by Gasteiger charge is -2.30. The zero-order valence-corrected chi connectivity index (χ0v) is 11.4. The maximum absolute atomic E-state index is 6.00. The van der Waals surface area contributed by atoms with Gasteiger partial charge in [0.25, 0.3) is 0 Å². The molecule has 0 aliphatic carbocycles. The Kier molecular flexibility index (Phi) is 3.63. The molecule has 0 amide bonds. The molecule has 1 saturated heterocycles. The first-order valence-electron chi connectivity index (χ1n) is 6.39. The molecule has 0 aromatic carbocycles. The average Bonchev–Trinajstić information content (AvgIpc) is 2.85. The maximum Gasteiger partial charge on any atom is 0.166 e. The summed E-state index contributed by atoms with van der Waals surface area (Å²) in [5.41, 5.74) is 1.30. The third-order valence-electron chi connectivity index (χ3n) is 3.18. The molecule has 102 valence electrons. The number of imidazole rings is 1. The van der Waals surface area contributed by atoms with Crippen molar-refractivity contribution in [2.45, 2.75) is 38.7 Å². The van der Waals surface area contributed by atoms with Crippen LogP contribution in [0.2, 0.25) is 5.15 Å². The Bertz CT molecular complexity index is 572. The molecule has 0 spiro atoms. The number of hydrogen-bond donors (Lipinski definition) is 0. The van der Waals surface area contributed by atoms with Gasteiger partial charge in [-0.05, 0) is 26.2 Å². The summed E-state index contributed by atoms with van der Waals surface area (Å²) in [5, 5.41) is 0.362. The Balaban J connectivity index is 1.89. The monoisotopic (exact) mass is 282 g/mol. The van der Waals surface area contributed by atoms with E-state index >= 15 is 0 Å².